The molecule has 2 N–H and O–H groups in total. The number of nitrogens with one attached hydrogen (secondary N) is 2. The van der Waals surface area contributed by atoms with Gasteiger partial charge in [0.15, 0.2) is 0 Å². The Hall–Kier alpha value is -2.54. The summed E-state index contributed by atoms with van der Waals surface area (Å²) in [5, 5.41) is 8.82. The van der Waals surface area contributed by atoms with E-state index in [4.69, 9.17) is 5.26 Å². The van der Waals surface area contributed by atoms with E-state index in [2.05, 4.69) is 21.9 Å². The van der Waals surface area contributed by atoms with Gasteiger partial charge in [-0.25, -0.2) is 4.98 Å². The second kappa shape index (κ2) is 5.87. The molecular formula is C15H16N4. The maximum atomic E-state index is 8.82. The lowest BCUT2D eigenvalue weighted by Crippen LogP contribution is -2.10. The Morgan fingerprint density at radius 3 is 2.63 bits per heavy atom. The van der Waals surface area contributed by atoms with Crippen LogP contribution in [-0.4, -0.2) is 4.98 Å². The Morgan fingerprint density at radius 1 is 1.05 bits per heavy atom. The molecule has 2 heterocycles. The number of benzene rings is 1. The quantitative estimate of drug-likeness (QED) is 0.755. The van der Waals surface area contributed by atoms with E-state index in [-0.39, 0.29) is 0 Å². The maximum absolute atomic E-state index is 8.82. The third-order valence-corrected chi connectivity index (χ3v) is 2.81. The first kappa shape index (κ1) is 12.9. The van der Waals surface area contributed by atoms with Crippen LogP contribution in [0.2, 0.25) is 0 Å². The van der Waals surface area contributed by atoms with Crippen LogP contribution >= 0.6 is 0 Å². The first-order valence-corrected chi connectivity index (χ1v) is 6.37. The topological polar surface area (TPSA) is 60.7 Å². The van der Waals surface area contributed by atoms with Gasteiger partial charge in [0.1, 0.15) is 17.6 Å². The van der Waals surface area contributed by atoms with Crippen LogP contribution in [0.1, 0.15) is 30.7 Å². The van der Waals surface area contributed by atoms with Crippen molar-refractivity contribution in [3.05, 3.63) is 53.2 Å². The summed E-state index contributed by atoms with van der Waals surface area (Å²) in [6, 6.07) is 13.8. The zero-order valence-corrected chi connectivity index (χ0v) is 11.1. The monoisotopic (exact) mass is 252 g/mol. The lowest BCUT2D eigenvalue weighted by molar-refractivity contribution is 1.15. The summed E-state index contributed by atoms with van der Waals surface area (Å²) in [5.74, 6) is 0.722. The lowest BCUT2D eigenvalue weighted by atomic mass is 10.0. The molecular weight excluding hydrogens is 236 g/mol. The van der Waals surface area contributed by atoms with Gasteiger partial charge in [-0.05, 0) is 17.7 Å². The predicted octanol–water partition coefficient (Wildman–Crippen LogP) is 3.32. The molecule has 0 radical (unpaired) electrons. The SMILES string of the molecule is CC.N#Cc1ccc2c(n1)NNc1ccccc1C2. The highest BCUT2D eigenvalue weighted by Gasteiger charge is 2.13. The van der Waals surface area contributed by atoms with Crippen LogP contribution in [0.5, 0.6) is 0 Å². The Bertz CT molecular complexity index is 614. The molecule has 0 saturated carbocycles. The highest BCUT2D eigenvalue weighted by Crippen LogP contribution is 2.26. The van der Waals surface area contributed by atoms with Crippen molar-refractivity contribution >= 4 is 11.5 Å². The predicted molar refractivity (Wildman–Crippen MR) is 76.8 cm³/mol. The number of rotatable bonds is 0. The molecule has 0 spiro atoms. The van der Waals surface area contributed by atoms with Crippen LogP contribution in [0.15, 0.2) is 36.4 Å². The largest absolute Gasteiger partial charge is 0.299 e. The van der Waals surface area contributed by atoms with Crippen LogP contribution in [0.25, 0.3) is 0 Å². The van der Waals surface area contributed by atoms with Crippen molar-refractivity contribution in [3.63, 3.8) is 0 Å². The molecule has 96 valence electrons. The van der Waals surface area contributed by atoms with Gasteiger partial charge in [-0.3, -0.25) is 10.9 Å². The second-order valence-corrected chi connectivity index (χ2v) is 3.90. The number of fused-ring (bicyclic) bond motifs is 2. The molecule has 1 aliphatic rings. The molecule has 4 heteroatoms. The molecule has 19 heavy (non-hydrogen) atoms. The normalized spacial score (nSPS) is 11.2. The van der Waals surface area contributed by atoms with Gasteiger partial charge in [0, 0.05) is 12.0 Å². The first-order valence-electron chi connectivity index (χ1n) is 6.37. The van der Waals surface area contributed by atoms with Gasteiger partial charge in [-0.2, -0.15) is 5.26 Å². The zero-order chi connectivity index (χ0) is 13.7. The summed E-state index contributed by atoms with van der Waals surface area (Å²) >= 11 is 0. The molecule has 1 aromatic carbocycles. The molecule has 0 amide bonds. The fourth-order valence-electron chi connectivity index (χ4n) is 1.93. The fraction of sp³-hybridized carbons (Fsp3) is 0.200. The third kappa shape index (κ3) is 2.66. The Kier molecular flexibility index (Phi) is 3.99. The smallest absolute Gasteiger partial charge is 0.149 e. The number of anilines is 2. The van der Waals surface area contributed by atoms with Gasteiger partial charge in [-0.15, -0.1) is 0 Å². The third-order valence-electron chi connectivity index (χ3n) is 2.81. The summed E-state index contributed by atoms with van der Waals surface area (Å²) < 4.78 is 0. The highest BCUT2D eigenvalue weighted by molar-refractivity contribution is 5.62. The molecule has 1 aromatic heterocycles. The Labute approximate surface area is 113 Å². The van der Waals surface area contributed by atoms with Crippen molar-refractivity contribution in [2.45, 2.75) is 20.3 Å². The molecule has 0 unspecified atom stereocenters. The van der Waals surface area contributed by atoms with Crippen LogP contribution in [0.4, 0.5) is 11.5 Å². The average Bonchev–Trinajstić information content (AvgIpc) is 2.67. The number of nitrogens with zero attached hydrogens (tertiary/aromatic N) is 2. The van der Waals surface area contributed by atoms with Crippen molar-refractivity contribution in [1.29, 1.82) is 5.26 Å². The second-order valence-electron chi connectivity index (χ2n) is 3.90. The van der Waals surface area contributed by atoms with E-state index in [0.29, 0.717) is 5.69 Å². The van der Waals surface area contributed by atoms with Crippen molar-refractivity contribution in [1.82, 2.24) is 4.98 Å². The summed E-state index contributed by atoms with van der Waals surface area (Å²) in [4.78, 5) is 4.24. The van der Waals surface area contributed by atoms with Crippen LogP contribution in [0, 0.1) is 11.3 Å². The van der Waals surface area contributed by atoms with Crippen molar-refractivity contribution in [2.75, 3.05) is 10.9 Å². The molecule has 3 rings (SSSR count). The molecule has 0 aliphatic carbocycles. The lowest BCUT2D eigenvalue weighted by Gasteiger charge is -2.07. The highest BCUT2D eigenvalue weighted by atomic mass is 15.4. The van der Waals surface area contributed by atoms with E-state index in [0.717, 1.165) is 23.5 Å². The average molecular weight is 252 g/mol. The molecule has 4 nitrogen and oxygen atoms in total. The van der Waals surface area contributed by atoms with Crippen molar-refractivity contribution in [3.8, 4) is 6.07 Å². The van der Waals surface area contributed by atoms with E-state index >= 15 is 0 Å². The van der Waals surface area contributed by atoms with E-state index in [1.807, 2.05) is 44.2 Å². The number of hydrogen-bond donors (Lipinski definition) is 2. The summed E-state index contributed by atoms with van der Waals surface area (Å²) in [6.45, 7) is 4.00. The maximum Gasteiger partial charge on any atom is 0.149 e. The minimum absolute atomic E-state index is 0.420. The number of hydrazine groups is 1. The number of aromatic nitrogens is 1. The number of hydrogen-bond acceptors (Lipinski definition) is 4. The van der Waals surface area contributed by atoms with Gasteiger partial charge < -0.3 is 0 Å². The van der Waals surface area contributed by atoms with Crippen molar-refractivity contribution < 1.29 is 0 Å². The van der Waals surface area contributed by atoms with Crippen LogP contribution in [0.3, 0.4) is 0 Å². The van der Waals surface area contributed by atoms with Gasteiger partial charge in [0.05, 0.1) is 5.69 Å². The zero-order valence-electron chi connectivity index (χ0n) is 11.1. The molecule has 1 aliphatic heterocycles. The Balaban J connectivity index is 0.000000637. The Morgan fingerprint density at radius 2 is 1.84 bits per heavy atom. The standard InChI is InChI=1S/C13H10N4.C2H6/c14-8-11-6-5-10-7-9-3-1-2-4-12(9)16-17-13(10)15-11;1-2/h1-6,16H,7H2,(H,15,17);1-2H3. The number of para-hydroxylation sites is 1. The number of nitriles is 1. The van der Waals surface area contributed by atoms with Gasteiger partial charge >= 0.3 is 0 Å². The summed E-state index contributed by atoms with van der Waals surface area (Å²) in [5.41, 5.74) is 9.92. The van der Waals surface area contributed by atoms with Crippen LogP contribution in [-0.2, 0) is 6.42 Å². The first-order chi connectivity index (χ1) is 9.36. The molecule has 0 saturated heterocycles. The van der Waals surface area contributed by atoms with Crippen LogP contribution < -0.4 is 10.9 Å². The van der Waals surface area contributed by atoms with E-state index in [1.165, 1.54) is 5.56 Å². The van der Waals surface area contributed by atoms with Gasteiger partial charge in [0.25, 0.3) is 0 Å². The molecule has 0 fully saturated rings. The minimum atomic E-state index is 0.420. The number of pyridine rings is 1. The fourth-order valence-corrected chi connectivity index (χ4v) is 1.93. The molecule has 2 aromatic rings. The van der Waals surface area contributed by atoms with Gasteiger partial charge in [0.2, 0.25) is 0 Å². The molecule has 0 atom stereocenters. The van der Waals surface area contributed by atoms with E-state index in [1.54, 1.807) is 6.07 Å². The van der Waals surface area contributed by atoms with Crippen molar-refractivity contribution in [2.24, 2.45) is 0 Å². The van der Waals surface area contributed by atoms with Gasteiger partial charge in [-0.1, -0.05) is 38.1 Å². The van der Waals surface area contributed by atoms with E-state index < -0.39 is 0 Å². The minimum Gasteiger partial charge on any atom is -0.299 e. The molecule has 0 bridgehead atoms. The summed E-state index contributed by atoms with van der Waals surface area (Å²) in [6.07, 6.45) is 0.810. The summed E-state index contributed by atoms with van der Waals surface area (Å²) in [7, 11) is 0. The van der Waals surface area contributed by atoms with E-state index in [9.17, 15) is 0 Å².